The van der Waals surface area contributed by atoms with Gasteiger partial charge in [-0.3, -0.25) is 9.59 Å². The summed E-state index contributed by atoms with van der Waals surface area (Å²) in [7, 11) is 0. The number of piperazine rings is 1. The first-order valence-corrected chi connectivity index (χ1v) is 9.15. The van der Waals surface area contributed by atoms with Crippen LogP contribution >= 0.6 is 0 Å². The SMILES string of the molecule is O=C1CN(c2ccc(NC(=O)c3ccc(Oc4ccccc4)nc3)cn2)CCN1. The van der Waals surface area contributed by atoms with Gasteiger partial charge >= 0.3 is 0 Å². The van der Waals surface area contributed by atoms with Crippen LogP contribution in [-0.4, -0.2) is 41.4 Å². The van der Waals surface area contributed by atoms with Crippen molar-refractivity contribution in [2.24, 2.45) is 0 Å². The molecule has 4 rings (SSSR count). The van der Waals surface area contributed by atoms with Gasteiger partial charge in [-0.15, -0.1) is 0 Å². The molecule has 0 radical (unpaired) electrons. The number of anilines is 2. The fourth-order valence-electron chi connectivity index (χ4n) is 2.87. The Bertz CT molecular complexity index is 991. The average molecular weight is 389 g/mol. The molecule has 0 spiro atoms. The number of para-hydroxylation sites is 1. The third-order valence-corrected chi connectivity index (χ3v) is 4.33. The van der Waals surface area contributed by atoms with Crippen molar-refractivity contribution < 1.29 is 14.3 Å². The maximum Gasteiger partial charge on any atom is 0.257 e. The van der Waals surface area contributed by atoms with Crippen molar-refractivity contribution in [3.05, 3.63) is 72.6 Å². The monoisotopic (exact) mass is 389 g/mol. The van der Waals surface area contributed by atoms with E-state index >= 15 is 0 Å². The highest BCUT2D eigenvalue weighted by Gasteiger charge is 2.17. The summed E-state index contributed by atoms with van der Waals surface area (Å²) in [5, 5.41) is 5.56. The number of nitrogens with one attached hydrogen (secondary N) is 2. The summed E-state index contributed by atoms with van der Waals surface area (Å²) in [6, 6.07) is 16.1. The molecular weight excluding hydrogens is 370 g/mol. The van der Waals surface area contributed by atoms with Crippen LogP contribution in [-0.2, 0) is 4.79 Å². The van der Waals surface area contributed by atoms with Gasteiger partial charge in [-0.2, -0.15) is 0 Å². The second-order valence-electron chi connectivity index (χ2n) is 6.43. The lowest BCUT2D eigenvalue weighted by Gasteiger charge is -2.27. The number of carbonyl (C=O) groups excluding carboxylic acids is 2. The van der Waals surface area contributed by atoms with Crippen LogP contribution in [0, 0.1) is 0 Å². The summed E-state index contributed by atoms with van der Waals surface area (Å²) in [6.07, 6.45) is 3.03. The minimum absolute atomic E-state index is 0.0254. The Labute approximate surface area is 167 Å². The lowest BCUT2D eigenvalue weighted by molar-refractivity contribution is -0.120. The second-order valence-corrected chi connectivity index (χ2v) is 6.43. The molecule has 8 heteroatoms. The summed E-state index contributed by atoms with van der Waals surface area (Å²) >= 11 is 0. The van der Waals surface area contributed by atoms with Crippen molar-refractivity contribution in [2.75, 3.05) is 29.9 Å². The van der Waals surface area contributed by atoms with E-state index < -0.39 is 0 Å². The molecule has 0 saturated carbocycles. The topological polar surface area (TPSA) is 96.5 Å². The minimum atomic E-state index is -0.296. The second kappa shape index (κ2) is 8.39. The van der Waals surface area contributed by atoms with Crippen LogP contribution in [0.4, 0.5) is 11.5 Å². The molecule has 2 amide bonds. The highest BCUT2D eigenvalue weighted by atomic mass is 16.5. The number of ether oxygens (including phenoxy) is 1. The predicted molar refractivity (Wildman–Crippen MR) is 108 cm³/mol. The third-order valence-electron chi connectivity index (χ3n) is 4.33. The van der Waals surface area contributed by atoms with Crippen LogP contribution in [0.25, 0.3) is 0 Å². The maximum atomic E-state index is 12.4. The molecule has 1 aromatic carbocycles. The Hall–Kier alpha value is -3.94. The zero-order valence-corrected chi connectivity index (χ0v) is 15.5. The van der Waals surface area contributed by atoms with Crippen molar-refractivity contribution in [3.63, 3.8) is 0 Å². The summed E-state index contributed by atoms with van der Waals surface area (Å²) in [4.78, 5) is 34.3. The highest BCUT2D eigenvalue weighted by molar-refractivity contribution is 6.04. The predicted octanol–water partition coefficient (Wildman–Crippen LogP) is 2.46. The number of aromatic nitrogens is 2. The normalized spacial score (nSPS) is 13.5. The van der Waals surface area contributed by atoms with E-state index in [1.54, 1.807) is 30.5 Å². The molecule has 1 aliphatic heterocycles. The van der Waals surface area contributed by atoms with E-state index in [0.717, 1.165) is 0 Å². The number of pyridine rings is 2. The zero-order chi connectivity index (χ0) is 20.1. The molecule has 3 aromatic rings. The van der Waals surface area contributed by atoms with Crippen LogP contribution in [0.2, 0.25) is 0 Å². The van der Waals surface area contributed by atoms with Gasteiger partial charge in [0, 0.05) is 25.4 Å². The molecule has 3 heterocycles. The number of carbonyl (C=O) groups is 2. The lowest BCUT2D eigenvalue weighted by atomic mass is 10.2. The molecule has 2 N–H and O–H groups in total. The number of rotatable bonds is 5. The van der Waals surface area contributed by atoms with Gasteiger partial charge in [-0.1, -0.05) is 18.2 Å². The first kappa shape index (κ1) is 18.4. The molecule has 1 fully saturated rings. The fourth-order valence-corrected chi connectivity index (χ4v) is 2.87. The molecule has 8 nitrogen and oxygen atoms in total. The molecule has 0 aliphatic carbocycles. The first-order chi connectivity index (χ1) is 14.2. The Balaban J connectivity index is 1.37. The van der Waals surface area contributed by atoms with E-state index in [2.05, 4.69) is 20.6 Å². The molecule has 2 aromatic heterocycles. The standard InChI is InChI=1S/C21H19N5O3/c27-19-14-26(11-10-22-19)18-8-7-16(13-23-18)25-21(28)15-6-9-20(24-12-15)29-17-4-2-1-3-5-17/h1-9,12-13H,10-11,14H2,(H,22,27)(H,25,28). The molecule has 0 atom stereocenters. The van der Waals surface area contributed by atoms with Crippen LogP contribution in [0.15, 0.2) is 67.0 Å². The highest BCUT2D eigenvalue weighted by Crippen LogP contribution is 2.19. The zero-order valence-electron chi connectivity index (χ0n) is 15.5. The molecule has 0 bridgehead atoms. The van der Waals surface area contributed by atoms with Crippen molar-refractivity contribution in [2.45, 2.75) is 0 Å². The first-order valence-electron chi connectivity index (χ1n) is 9.15. The van der Waals surface area contributed by atoms with Gasteiger partial charge in [-0.25, -0.2) is 9.97 Å². The third kappa shape index (κ3) is 4.67. The van der Waals surface area contributed by atoms with Crippen LogP contribution in [0.1, 0.15) is 10.4 Å². The van der Waals surface area contributed by atoms with E-state index in [4.69, 9.17) is 4.74 Å². The van der Waals surface area contributed by atoms with Crippen molar-refractivity contribution in [1.82, 2.24) is 15.3 Å². The Morgan fingerprint density at radius 2 is 1.90 bits per heavy atom. The van der Waals surface area contributed by atoms with E-state index in [1.165, 1.54) is 6.20 Å². The van der Waals surface area contributed by atoms with Gasteiger partial charge < -0.3 is 20.3 Å². The Morgan fingerprint density at radius 1 is 1.03 bits per heavy atom. The number of nitrogens with zero attached hydrogens (tertiary/aromatic N) is 3. The van der Waals surface area contributed by atoms with Gasteiger partial charge in [0.25, 0.3) is 5.91 Å². The van der Waals surface area contributed by atoms with Gasteiger partial charge in [0.05, 0.1) is 24.0 Å². The molecule has 0 unspecified atom stereocenters. The van der Waals surface area contributed by atoms with Crippen LogP contribution < -0.4 is 20.3 Å². The summed E-state index contributed by atoms with van der Waals surface area (Å²) in [5.41, 5.74) is 0.965. The van der Waals surface area contributed by atoms with Gasteiger partial charge in [0.1, 0.15) is 11.6 Å². The fraction of sp³-hybridized carbons (Fsp3) is 0.143. The van der Waals surface area contributed by atoms with Gasteiger partial charge in [0.2, 0.25) is 11.8 Å². The number of amides is 2. The Morgan fingerprint density at radius 3 is 2.59 bits per heavy atom. The van der Waals surface area contributed by atoms with E-state index in [-0.39, 0.29) is 18.4 Å². The summed E-state index contributed by atoms with van der Waals surface area (Å²) in [6.45, 7) is 1.57. The van der Waals surface area contributed by atoms with Crippen molar-refractivity contribution in [3.8, 4) is 11.6 Å². The van der Waals surface area contributed by atoms with Crippen LogP contribution in [0.5, 0.6) is 11.6 Å². The lowest BCUT2D eigenvalue weighted by Crippen LogP contribution is -2.48. The average Bonchev–Trinajstić information content (AvgIpc) is 2.75. The molecule has 29 heavy (non-hydrogen) atoms. The maximum absolute atomic E-state index is 12.4. The van der Waals surface area contributed by atoms with E-state index in [0.29, 0.717) is 41.8 Å². The molecule has 146 valence electrons. The van der Waals surface area contributed by atoms with Gasteiger partial charge in [-0.05, 0) is 30.3 Å². The number of benzene rings is 1. The minimum Gasteiger partial charge on any atom is -0.439 e. The number of hydrogen-bond acceptors (Lipinski definition) is 6. The molecular formula is C21H19N5O3. The van der Waals surface area contributed by atoms with Crippen LogP contribution in [0.3, 0.4) is 0 Å². The smallest absolute Gasteiger partial charge is 0.257 e. The van der Waals surface area contributed by atoms with E-state index in [1.807, 2.05) is 35.2 Å². The number of hydrogen-bond donors (Lipinski definition) is 2. The quantitative estimate of drug-likeness (QED) is 0.696. The molecule has 1 aliphatic rings. The summed E-state index contributed by atoms with van der Waals surface area (Å²) in [5.74, 6) is 1.46. The van der Waals surface area contributed by atoms with Crippen molar-refractivity contribution in [1.29, 1.82) is 0 Å². The largest absolute Gasteiger partial charge is 0.439 e. The summed E-state index contributed by atoms with van der Waals surface area (Å²) < 4.78 is 5.62. The Kier molecular flexibility index (Phi) is 5.33. The van der Waals surface area contributed by atoms with Crippen molar-refractivity contribution >= 4 is 23.3 Å². The van der Waals surface area contributed by atoms with E-state index in [9.17, 15) is 9.59 Å². The van der Waals surface area contributed by atoms with Gasteiger partial charge in [0.15, 0.2) is 0 Å². The molecule has 1 saturated heterocycles.